The summed E-state index contributed by atoms with van der Waals surface area (Å²) >= 11 is 1.06. The van der Waals surface area contributed by atoms with Gasteiger partial charge in [-0.1, -0.05) is 0 Å². The molecule has 0 aromatic heterocycles. The maximum atomic E-state index is 11.3. The molecule has 1 aliphatic heterocycles. The van der Waals surface area contributed by atoms with Crippen LogP contribution in [0.15, 0.2) is 11.5 Å². The second-order valence-electron chi connectivity index (χ2n) is 2.81. The number of hydrogen-bond donors (Lipinski definition) is 2. The third-order valence-electron chi connectivity index (χ3n) is 1.86. The van der Waals surface area contributed by atoms with E-state index in [0.29, 0.717) is 0 Å². The Labute approximate surface area is 85.3 Å². The normalized spacial score (nSPS) is 30.3. The van der Waals surface area contributed by atoms with Crippen LogP contribution in [0, 0.1) is 0 Å². The van der Waals surface area contributed by atoms with Gasteiger partial charge in [0.05, 0.1) is 6.61 Å². The zero-order valence-electron chi connectivity index (χ0n) is 7.60. The van der Waals surface area contributed by atoms with Gasteiger partial charge in [-0.2, -0.15) is 0 Å². The van der Waals surface area contributed by atoms with Crippen LogP contribution in [-0.4, -0.2) is 34.4 Å². The first-order chi connectivity index (χ1) is 6.52. The first-order valence-corrected chi connectivity index (χ1v) is 4.98. The smallest absolute Gasteiger partial charge is 0.329 e. The van der Waals surface area contributed by atoms with E-state index >= 15 is 0 Å². The highest BCUT2D eigenvalue weighted by Crippen LogP contribution is 2.32. The number of thioether (sulfide) groups is 1. The Balaban J connectivity index is 2.81. The molecule has 1 heterocycles. The molecule has 0 aliphatic carbocycles. The van der Waals surface area contributed by atoms with E-state index in [4.69, 9.17) is 15.6 Å². The van der Waals surface area contributed by atoms with Crippen LogP contribution in [0.4, 0.5) is 0 Å². The first-order valence-electron chi connectivity index (χ1n) is 4.04. The fraction of sp³-hybridized carbons (Fsp3) is 0.500. The summed E-state index contributed by atoms with van der Waals surface area (Å²) < 4.78 is 4.73. The van der Waals surface area contributed by atoms with Crippen molar-refractivity contribution in [2.45, 2.75) is 17.7 Å². The second kappa shape index (κ2) is 4.02. The van der Waals surface area contributed by atoms with Crippen molar-refractivity contribution in [3.8, 4) is 0 Å². The second-order valence-corrected chi connectivity index (χ2v) is 3.82. The van der Waals surface area contributed by atoms with Crippen molar-refractivity contribution < 1.29 is 19.4 Å². The molecule has 0 radical (unpaired) electrons. The lowest BCUT2D eigenvalue weighted by molar-refractivity contribution is -0.150. The van der Waals surface area contributed by atoms with Crippen LogP contribution < -0.4 is 5.73 Å². The molecule has 1 aliphatic rings. The highest BCUT2D eigenvalue weighted by Gasteiger charge is 2.48. The Hall–Kier alpha value is -1.01. The standard InChI is InChI=1S/C8H11NO4S/c1-2-13-6(10)5-8(9,7(11)12)3-4-14-5/h3-5H,2,9H2,1H3,(H,11,12). The fourth-order valence-electron chi connectivity index (χ4n) is 1.08. The number of nitrogens with two attached hydrogens (primary N) is 1. The van der Waals surface area contributed by atoms with E-state index < -0.39 is 22.7 Å². The molecular formula is C8H11NO4S. The molecule has 5 nitrogen and oxygen atoms in total. The van der Waals surface area contributed by atoms with Crippen molar-refractivity contribution in [2.75, 3.05) is 6.61 Å². The van der Waals surface area contributed by atoms with E-state index in [2.05, 4.69) is 0 Å². The molecule has 2 unspecified atom stereocenters. The number of esters is 1. The van der Waals surface area contributed by atoms with Gasteiger partial charge in [-0.15, -0.1) is 11.8 Å². The number of carbonyl (C=O) groups excluding carboxylic acids is 1. The Morgan fingerprint density at radius 1 is 1.71 bits per heavy atom. The van der Waals surface area contributed by atoms with Crippen molar-refractivity contribution in [1.82, 2.24) is 0 Å². The van der Waals surface area contributed by atoms with Crippen LogP contribution in [0.3, 0.4) is 0 Å². The Kier molecular flexibility index (Phi) is 3.17. The summed E-state index contributed by atoms with van der Waals surface area (Å²) in [4.78, 5) is 22.2. The van der Waals surface area contributed by atoms with Crippen LogP contribution >= 0.6 is 11.8 Å². The lowest BCUT2D eigenvalue weighted by Crippen LogP contribution is -2.55. The molecule has 0 fully saturated rings. The molecule has 3 N–H and O–H groups in total. The average Bonchev–Trinajstić information content (AvgIpc) is 2.49. The van der Waals surface area contributed by atoms with Crippen molar-refractivity contribution in [2.24, 2.45) is 5.73 Å². The number of aliphatic carboxylic acids is 1. The SMILES string of the molecule is CCOC(=O)C1SC=CC1(N)C(=O)O. The Morgan fingerprint density at radius 3 is 2.86 bits per heavy atom. The Morgan fingerprint density at radius 2 is 2.36 bits per heavy atom. The monoisotopic (exact) mass is 217 g/mol. The summed E-state index contributed by atoms with van der Waals surface area (Å²) in [5.74, 6) is -1.82. The van der Waals surface area contributed by atoms with Crippen molar-refractivity contribution in [3.63, 3.8) is 0 Å². The fourth-order valence-corrected chi connectivity index (χ4v) is 2.13. The minimum Gasteiger partial charge on any atom is -0.480 e. The lowest BCUT2D eigenvalue weighted by Gasteiger charge is -2.23. The minimum absolute atomic E-state index is 0.214. The van der Waals surface area contributed by atoms with Gasteiger partial charge in [0, 0.05) is 0 Å². The molecule has 78 valence electrons. The van der Waals surface area contributed by atoms with Gasteiger partial charge in [-0.3, -0.25) is 4.79 Å². The molecule has 14 heavy (non-hydrogen) atoms. The van der Waals surface area contributed by atoms with Gasteiger partial charge >= 0.3 is 11.9 Å². The molecule has 0 aromatic rings. The summed E-state index contributed by atoms with van der Waals surface area (Å²) in [5.41, 5.74) is 3.93. The van der Waals surface area contributed by atoms with Gasteiger partial charge in [0.2, 0.25) is 0 Å². The number of hydrogen-bond acceptors (Lipinski definition) is 5. The molecule has 0 saturated heterocycles. The van der Waals surface area contributed by atoms with E-state index in [-0.39, 0.29) is 6.61 Å². The maximum absolute atomic E-state index is 11.3. The van der Waals surface area contributed by atoms with E-state index in [1.54, 1.807) is 6.92 Å². The van der Waals surface area contributed by atoms with Gasteiger partial charge in [-0.25, -0.2) is 4.79 Å². The van der Waals surface area contributed by atoms with E-state index in [1.165, 1.54) is 11.5 Å². The minimum atomic E-state index is -1.64. The molecule has 0 spiro atoms. The van der Waals surface area contributed by atoms with E-state index in [0.717, 1.165) is 11.8 Å². The van der Waals surface area contributed by atoms with Gasteiger partial charge in [-0.05, 0) is 18.4 Å². The summed E-state index contributed by atoms with van der Waals surface area (Å²) in [6, 6.07) is 0. The van der Waals surface area contributed by atoms with Crippen LogP contribution in [0.25, 0.3) is 0 Å². The summed E-state index contributed by atoms with van der Waals surface area (Å²) in [6.07, 6.45) is 1.31. The predicted octanol–water partition coefficient (Wildman–Crippen LogP) is -0.0393. The molecule has 1 rings (SSSR count). The predicted molar refractivity (Wildman–Crippen MR) is 51.7 cm³/mol. The molecule has 0 amide bonds. The number of carbonyl (C=O) groups is 2. The van der Waals surface area contributed by atoms with Crippen LogP contribution in [0.5, 0.6) is 0 Å². The highest BCUT2D eigenvalue weighted by molar-refractivity contribution is 8.03. The summed E-state index contributed by atoms with van der Waals surface area (Å²) in [5, 5.41) is 9.48. The molecule has 2 atom stereocenters. The van der Waals surface area contributed by atoms with Crippen LogP contribution in [0.2, 0.25) is 0 Å². The van der Waals surface area contributed by atoms with Gasteiger partial charge in [0.15, 0.2) is 5.54 Å². The van der Waals surface area contributed by atoms with E-state index in [1.807, 2.05) is 0 Å². The molecule has 0 bridgehead atoms. The third kappa shape index (κ3) is 1.76. The van der Waals surface area contributed by atoms with Crippen LogP contribution in [0.1, 0.15) is 6.92 Å². The topological polar surface area (TPSA) is 89.6 Å². The van der Waals surface area contributed by atoms with Crippen molar-refractivity contribution >= 4 is 23.7 Å². The van der Waals surface area contributed by atoms with E-state index in [9.17, 15) is 9.59 Å². The van der Waals surface area contributed by atoms with Gasteiger partial charge in [0.1, 0.15) is 5.25 Å². The largest absolute Gasteiger partial charge is 0.480 e. The molecule has 0 aromatic carbocycles. The highest BCUT2D eigenvalue weighted by atomic mass is 32.2. The summed E-state index contributed by atoms with van der Waals surface area (Å²) in [7, 11) is 0. The zero-order valence-corrected chi connectivity index (χ0v) is 8.41. The van der Waals surface area contributed by atoms with Crippen molar-refractivity contribution in [1.29, 1.82) is 0 Å². The molecule has 0 saturated carbocycles. The Bertz CT molecular complexity index is 291. The molecule has 6 heteroatoms. The number of ether oxygens (including phenoxy) is 1. The number of carboxylic acid groups (broad SMARTS) is 1. The lowest BCUT2D eigenvalue weighted by atomic mass is 9.97. The quantitative estimate of drug-likeness (QED) is 0.645. The molecular weight excluding hydrogens is 206 g/mol. The number of carboxylic acids is 1. The van der Waals surface area contributed by atoms with Crippen LogP contribution in [-0.2, 0) is 14.3 Å². The third-order valence-corrected chi connectivity index (χ3v) is 3.01. The average molecular weight is 217 g/mol. The number of rotatable bonds is 3. The van der Waals surface area contributed by atoms with Gasteiger partial charge in [0.25, 0.3) is 0 Å². The maximum Gasteiger partial charge on any atom is 0.329 e. The summed E-state index contributed by atoms with van der Waals surface area (Å²) in [6.45, 7) is 1.87. The van der Waals surface area contributed by atoms with Crippen molar-refractivity contribution in [3.05, 3.63) is 11.5 Å². The van der Waals surface area contributed by atoms with Gasteiger partial charge < -0.3 is 15.6 Å². The zero-order chi connectivity index (χ0) is 10.8. The first kappa shape index (κ1) is 11.1.